The van der Waals surface area contributed by atoms with Gasteiger partial charge in [-0.2, -0.15) is 0 Å². The van der Waals surface area contributed by atoms with Crippen LogP contribution in [0.4, 0.5) is 0 Å². The van der Waals surface area contributed by atoms with Gasteiger partial charge < -0.3 is 81.7 Å². The van der Waals surface area contributed by atoms with Gasteiger partial charge in [-0.3, -0.25) is 0 Å². The molecule has 25 heteroatoms. The van der Waals surface area contributed by atoms with E-state index in [1.54, 1.807) is 0 Å². The first-order valence-corrected chi connectivity index (χ1v) is 8.78. The molecule has 0 aromatic heterocycles. The summed E-state index contributed by atoms with van der Waals surface area (Å²) >= 11 is 0. The Kier molecular flexibility index (Phi) is 84.1. The molecule has 0 heterocycles. The molecule has 16 N–H and O–H groups in total. The summed E-state index contributed by atoms with van der Waals surface area (Å²) in [6, 6.07) is 0. The SMILES string of the molecule is O=C(O)CO.O=C(O)CO.O=C(O)CO.O=C(O)CO.O=C(O)CO.O=C(O)CO.O=C(O)CO.O=C(O)CO.[Os]. The predicted molar refractivity (Wildman–Crippen MR) is 118 cm³/mol. The van der Waals surface area contributed by atoms with Crippen molar-refractivity contribution in [3.8, 4) is 0 Å². The second kappa shape index (κ2) is 56.3. The fraction of sp³-hybridized carbons (Fsp3) is 0.500. The Hall–Kier alpha value is -3.92. The quantitative estimate of drug-likeness (QED) is 0.108. The third-order valence-corrected chi connectivity index (χ3v) is 1.08. The second-order valence-electron chi connectivity index (χ2n) is 4.41. The summed E-state index contributed by atoms with van der Waals surface area (Å²) in [6.45, 7) is -6.22. The van der Waals surface area contributed by atoms with E-state index in [1.807, 2.05) is 0 Å². The number of aliphatic hydroxyl groups is 8. The molecule has 0 aromatic rings. The molecule has 0 amide bonds. The molecule has 24 nitrogen and oxygen atoms in total. The van der Waals surface area contributed by atoms with Gasteiger partial charge >= 0.3 is 47.8 Å². The molecule has 0 spiro atoms. The van der Waals surface area contributed by atoms with E-state index in [4.69, 9.17) is 120 Å². The van der Waals surface area contributed by atoms with Crippen molar-refractivity contribution in [2.75, 3.05) is 52.9 Å². The van der Waals surface area contributed by atoms with Gasteiger partial charge in [-0.15, -0.1) is 0 Å². The van der Waals surface area contributed by atoms with Crippen molar-refractivity contribution < 1.29 is 140 Å². The van der Waals surface area contributed by atoms with Crippen molar-refractivity contribution in [2.24, 2.45) is 0 Å². The molecule has 0 aliphatic heterocycles. The molecule has 0 unspecified atom stereocenters. The number of carbonyl (C=O) groups is 8. The fourth-order valence-corrected chi connectivity index (χ4v) is 0. The summed E-state index contributed by atoms with van der Waals surface area (Å²) in [4.78, 5) is 72.9. The zero-order valence-corrected chi connectivity index (χ0v) is 23.0. The minimum atomic E-state index is -1.19. The molecule has 41 heavy (non-hydrogen) atoms. The van der Waals surface area contributed by atoms with Gasteiger partial charge in [0.1, 0.15) is 52.9 Å². The van der Waals surface area contributed by atoms with Crippen LogP contribution in [0.5, 0.6) is 0 Å². The van der Waals surface area contributed by atoms with Crippen LogP contribution in [0.1, 0.15) is 0 Å². The Bertz CT molecular complexity index is 496. The summed E-state index contributed by atoms with van der Waals surface area (Å²) in [5, 5.41) is 120. The molecule has 0 rings (SSSR count). The van der Waals surface area contributed by atoms with Gasteiger partial charge in [0.25, 0.3) is 0 Å². The minimum absolute atomic E-state index is 0. The van der Waals surface area contributed by atoms with Crippen molar-refractivity contribution in [1.82, 2.24) is 0 Å². The van der Waals surface area contributed by atoms with Crippen LogP contribution in [0, 0.1) is 0 Å². The topological polar surface area (TPSA) is 460 Å². The molecule has 0 bridgehead atoms. The molecule has 0 aromatic carbocycles. The van der Waals surface area contributed by atoms with Crippen molar-refractivity contribution in [3.05, 3.63) is 0 Å². The van der Waals surface area contributed by atoms with E-state index in [0.29, 0.717) is 0 Å². The summed E-state index contributed by atoms with van der Waals surface area (Å²) in [5.41, 5.74) is 0. The normalized spacial score (nSPS) is 7.22. The van der Waals surface area contributed by atoms with E-state index in [0.717, 1.165) is 0 Å². The summed E-state index contributed by atoms with van der Waals surface area (Å²) < 4.78 is 0. The average molecular weight is 799 g/mol. The molecule has 0 radical (unpaired) electrons. The molecular formula is C16H32O24Os. The summed E-state index contributed by atoms with van der Waals surface area (Å²) in [5.74, 6) is -9.52. The number of hydrogen-bond donors (Lipinski definition) is 16. The Labute approximate surface area is 240 Å². The fourth-order valence-electron chi connectivity index (χ4n) is 0. The maximum atomic E-state index is 9.12. The molecule has 0 atom stereocenters. The maximum Gasteiger partial charge on any atom is 0.329 e. The first-order valence-electron chi connectivity index (χ1n) is 8.78. The molecule has 0 saturated heterocycles. The van der Waals surface area contributed by atoms with Gasteiger partial charge in [0.05, 0.1) is 0 Å². The molecule has 0 aliphatic carbocycles. The van der Waals surface area contributed by atoms with E-state index in [-0.39, 0.29) is 19.8 Å². The number of aliphatic carboxylic acids is 8. The number of aliphatic hydroxyl groups excluding tert-OH is 8. The minimum Gasteiger partial charge on any atom is -0.480 e. The van der Waals surface area contributed by atoms with Crippen molar-refractivity contribution >= 4 is 47.8 Å². The first-order chi connectivity index (χ1) is 18.2. The number of hydrogen-bond acceptors (Lipinski definition) is 16. The largest absolute Gasteiger partial charge is 0.480 e. The molecule has 0 fully saturated rings. The van der Waals surface area contributed by atoms with Crippen molar-refractivity contribution in [2.45, 2.75) is 0 Å². The van der Waals surface area contributed by atoms with Gasteiger partial charge in [0.2, 0.25) is 0 Å². The van der Waals surface area contributed by atoms with Gasteiger partial charge in [0.15, 0.2) is 0 Å². The Balaban J connectivity index is -0.0000000406. The molecule has 0 aliphatic rings. The maximum absolute atomic E-state index is 9.12. The third-order valence-electron chi connectivity index (χ3n) is 1.08. The number of rotatable bonds is 8. The van der Waals surface area contributed by atoms with Crippen LogP contribution in [0.2, 0.25) is 0 Å². The van der Waals surface area contributed by atoms with E-state index >= 15 is 0 Å². The average Bonchev–Trinajstić information content (AvgIpc) is 2.90. The van der Waals surface area contributed by atoms with Crippen LogP contribution in [0.3, 0.4) is 0 Å². The predicted octanol–water partition coefficient (Wildman–Crippen LogP) is -7.50. The molecule has 0 saturated carbocycles. The summed E-state index contributed by atoms with van der Waals surface area (Å²) in [7, 11) is 0. The Morgan fingerprint density at radius 3 is 0.268 bits per heavy atom. The standard InChI is InChI=1S/8C2H4O3.Os/c8*3-1-2(4)5;/h8*3H,1H2,(H,4,5);. The first kappa shape index (κ1) is 61.2. The zero-order chi connectivity index (χ0) is 34.3. The molecule has 248 valence electrons. The smallest absolute Gasteiger partial charge is 0.329 e. The van der Waals surface area contributed by atoms with Gasteiger partial charge in [-0.1, -0.05) is 0 Å². The van der Waals surface area contributed by atoms with Crippen LogP contribution >= 0.6 is 0 Å². The van der Waals surface area contributed by atoms with Crippen LogP contribution < -0.4 is 0 Å². The summed E-state index contributed by atoms with van der Waals surface area (Å²) in [6.07, 6.45) is 0. The van der Waals surface area contributed by atoms with E-state index in [2.05, 4.69) is 0 Å². The molecular weight excluding hydrogens is 766 g/mol. The van der Waals surface area contributed by atoms with Crippen LogP contribution in [0.25, 0.3) is 0 Å². The van der Waals surface area contributed by atoms with E-state index < -0.39 is 101 Å². The monoisotopic (exact) mass is 800 g/mol. The van der Waals surface area contributed by atoms with Crippen LogP contribution in [-0.4, -0.2) is 182 Å². The van der Waals surface area contributed by atoms with Crippen molar-refractivity contribution in [1.29, 1.82) is 0 Å². The van der Waals surface area contributed by atoms with E-state index in [9.17, 15) is 0 Å². The number of carboxylic acid groups (broad SMARTS) is 8. The zero-order valence-electron chi connectivity index (χ0n) is 20.4. The van der Waals surface area contributed by atoms with Gasteiger partial charge in [-0.05, 0) is 0 Å². The van der Waals surface area contributed by atoms with Crippen molar-refractivity contribution in [3.63, 3.8) is 0 Å². The van der Waals surface area contributed by atoms with Crippen LogP contribution in [-0.2, 0) is 58.1 Å². The second-order valence-corrected chi connectivity index (χ2v) is 4.41. The Morgan fingerprint density at radius 1 is 0.244 bits per heavy atom. The third kappa shape index (κ3) is 287. The van der Waals surface area contributed by atoms with E-state index in [1.165, 1.54) is 0 Å². The van der Waals surface area contributed by atoms with Crippen LogP contribution in [0.15, 0.2) is 0 Å². The Morgan fingerprint density at radius 2 is 0.268 bits per heavy atom. The van der Waals surface area contributed by atoms with Gasteiger partial charge in [-0.25, -0.2) is 38.4 Å². The van der Waals surface area contributed by atoms with Gasteiger partial charge in [0, 0.05) is 19.8 Å². The number of carboxylic acids is 8.